The van der Waals surface area contributed by atoms with Gasteiger partial charge in [0, 0.05) is 31.5 Å². The maximum absolute atomic E-state index is 12.6. The van der Waals surface area contributed by atoms with Crippen LogP contribution in [0.2, 0.25) is 5.02 Å². The van der Waals surface area contributed by atoms with Crippen LogP contribution in [-0.4, -0.2) is 46.9 Å². The van der Waals surface area contributed by atoms with Crippen LogP contribution < -0.4 is 10.1 Å². The lowest BCUT2D eigenvalue weighted by Crippen LogP contribution is -2.35. The van der Waals surface area contributed by atoms with E-state index < -0.39 is 0 Å². The quantitative estimate of drug-likeness (QED) is 0.602. The number of hydrogen-bond acceptors (Lipinski definition) is 5. The molecular weight excluding hydrogens is 416 g/mol. The fourth-order valence-electron chi connectivity index (χ4n) is 3.37. The van der Waals surface area contributed by atoms with Crippen LogP contribution in [0.5, 0.6) is 5.75 Å². The maximum atomic E-state index is 12.6. The van der Waals surface area contributed by atoms with Crippen LogP contribution >= 0.6 is 11.6 Å². The molecule has 2 aromatic carbocycles. The number of hydrogen-bond donors (Lipinski definition) is 1. The summed E-state index contributed by atoms with van der Waals surface area (Å²) in [6, 6.07) is 15.1. The second-order valence-electron chi connectivity index (χ2n) is 7.49. The van der Waals surface area contributed by atoms with Crippen LogP contribution in [-0.2, 0) is 18.0 Å². The Kier molecular flexibility index (Phi) is 6.86. The van der Waals surface area contributed by atoms with Crippen LogP contribution in [0.3, 0.4) is 0 Å². The molecular formula is C23H25ClN4O3. The molecule has 4 rings (SSSR count). The Morgan fingerprint density at radius 2 is 2.03 bits per heavy atom. The van der Waals surface area contributed by atoms with Crippen LogP contribution in [0.4, 0.5) is 5.69 Å². The summed E-state index contributed by atoms with van der Waals surface area (Å²) in [5.41, 5.74) is 3.26. The van der Waals surface area contributed by atoms with Gasteiger partial charge in [-0.25, -0.2) is 4.68 Å². The molecule has 31 heavy (non-hydrogen) atoms. The van der Waals surface area contributed by atoms with Crippen LogP contribution in [0.15, 0.2) is 54.7 Å². The zero-order valence-corrected chi connectivity index (χ0v) is 18.1. The third kappa shape index (κ3) is 5.85. The highest BCUT2D eigenvalue weighted by Crippen LogP contribution is 2.25. The van der Waals surface area contributed by atoms with Gasteiger partial charge in [-0.15, -0.1) is 0 Å². The molecule has 0 saturated carbocycles. The summed E-state index contributed by atoms with van der Waals surface area (Å²) in [6.45, 7) is 6.33. The maximum Gasteiger partial charge on any atom is 0.276 e. The van der Waals surface area contributed by atoms with Gasteiger partial charge in [-0.2, -0.15) is 5.10 Å². The fourth-order valence-corrected chi connectivity index (χ4v) is 3.54. The van der Waals surface area contributed by atoms with E-state index in [4.69, 9.17) is 21.1 Å². The summed E-state index contributed by atoms with van der Waals surface area (Å²) in [4.78, 5) is 15.0. The van der Waals surface area contributed by atoms with Gasteiger partial charge in [0.05, 0.1) is 18.2 Å². The van der Waals surface area contributed by atoms with Crippen molar-refractivity contribution in [3.63, 3.8) is 0 Å². The van der Waals surface area contributed by atoms with Gasteiger partial charge in [0.15, 0.2) is 12.4 Å². The van der Waals surface area contributed by atoms with Gasteiger partial charge < -0.3 is 14.8 Å². The number of morpholine rings is 1. The van der Waals surface area contributed by atoms with E-state index in [2.05, 4.69) is 21.4 Å². The number of rotatable bonds is 7. The lowest BCUT2D eigenvalue weighted by molar-refractivity contribution is 0.0342. The normalized spacial score (nSPS) is 14.4. The van der Waals surface area contributed by atoms with E-state index in [1.165, 1.54) is 0 Å². The van der Waals surface area contributed by atoms with Crippen molar-refractivity contribution < 1.29 is 14.3 Å². The first-order valence-electron chi connectivity index (χ1n) is 10.2. The second-order valence-corrected chi connectivity index (χ2v) is 7.90. The van der Waals surface area contributed by atoms with E-state index in [9.17, 15) is 4.79 Å². The Morgan fingerprint density at radius 1 is 1.19 bits per heavy atom. The topological polar surface area (TPSA) is 68.6 Å². The Hall–Kier alpha value is -2.87. The second kappa shape index (κ2) is 9.96. The number of nitrogens with one attached hydrogen (secondary N) is 1. The predicted octanol–water partition coefficient (Wildman–Crippen LogP) is 3.97. The van der Waals surface area contributed by atoms with Gasteiger partial charge in [-0.3, -0.25) is 9.69 Å². The average Bonchev–Trinajstić information content (AvgIpc) is 3.25. The van der Waals surface area contributed by atoms with Crippen molar-refractivity contribution in [1.82, 2.24) is 14.7 Å². The van der Waals surface area contributed by atoms with Gasteiger partial charge in [0.1, 0.15) is 5.75 Å². The molecule has 0 unspecified atom stereocenters. The minimum Gasteiger partial charge on any atom is -0.470 e. The molecule has 0 atom stereocenters. The van der Waals surface area contributed by atoms with Crippen molar-refractivity contribution in [2.75, 3.05) is 31.6 Å². The van der Waals surface area contributed by atoms with Gasteiger partial charge in [0.2, 0.25) is 0 Å². The lowest BCUT2D eigenvalue weighted by atomic mass is 10.2. The number of nitrogens with zero attached hydrogens (tertiary/aromatic N) is 3. The Morgan fingerprint density at radius 3 is 2.87 bits per heavy atom. The van der Waals surface area contributed by atoms with E-state index in [1.807, 2.05) is 37.3 Å². The molecule has 2 heterocycles. The SMILES string of the molecule is Cc1ccc(Cl)c(OCn2ccc(C(=O)Nc3cccc(CN4CCOCC4)c3)n2)c1. The third-order valence-corrected chi connectivity index (χ3v) is 5.32. The molecule has 7 nitrogen and oxygen atoms in total. The number of amides is 1. The first-order chi connectivity index (χ1) is 15.1. The van der Waals surface area contributed by atoms with Crippen molar-refractivity contribution >= 4 is 23.2 Å². The Labute approximate surface area is 186 Å². The number of aromatic nitrogens is 2. The zero-order chi connectivity index (χ0) is 21.6. The van der Waals surface area contributed by atoms with Gasteiger partial charge in [-0.05, 0) is 48.4 Å². The molecule has 8 heteroatoms. The summed E-state index contributed by atoms with van der Waals surface area (Å²) >= 11 is 6.15. The molecule has 1 aliphatic heterocycles. The smallest absolute Gasteiger partial charge is 0.276 e. The summed E-state index contributed by atoms with van der Waals surface area (Å²) in [5, 5.41) is 7.76. The van der Waals surface area contributed by atoms with E-state index in [1.54, 1.807) is 23.0 Å². The van der Waals surface area contributed by atoms with Crippen LogP contribution in [0, 0.1) is 6.92 Å². The number of benzene rings is 2. The summed E-state index contributed by atoms with van der Waals surface area (Å²) in [7, 11) is 0. The molecule has 1 aliphatic rings. The number of carbonyl (C=O) groups excluding carboxylic acids is 1. The van der Waals surface area contributed by atoms with Gasteiger partial charge in [0.25, 0.3) is 5.91 Å². The highest BCUT2D eigenvalue weighted by Gasteiger charge is 2.13. The summed E-state index contributed by atoms with van der Waals surface area (Å²) < 4.78 is 12.7. The van der Waals surface area contributed by atoms with Crippen molar-refractivity contribution in [3.8, 4) is 5.75 Å². The molecule has 1 fully saturated rings. The molecule has 1 N–H and O–H groups in total. The van der Waals surface area contributed by atoms with E-state index in [0.29, 0.717) is 16.5 Å². The highest BCUT2D eigenvalue weighted by molar-refractivity contribution is 6.32. The van der Waals surface area contributed by atoms with Gasteiger partial charge >= 0.3 is 0 Å². The third-order valence-electron chi connectivity index (χ3n) is 5.01. The molecule has 0 radical (unpaired) electrons. The molecule has 1 aromatic heterocycles. The predicted molar refractivity (Wildman–Crippen MR) is 120 cm³/mol. The number of carbonyl (C=O) groups is 1. The fraction of sp³-hybridized carbons (Fsp3) is 0.304. The highest BCUT2D eigenvalue weighted by atomic mass is 35.5. The van der Waals surface area contributed by atoms with E-state index in [-0.39, 0.29) is 12.6 Å². The molecule has 3 aromatic rings. The average molecular weight is 441 g/mol. The largest absolute Gasteiger partial charge is 0.470 e. The Balaban J connectivity index is 1.34. The molecule has 0 bridgehead atoms. The van der Waals surface area contributed by atoms with Crippen molar-refractivity contribution in [2.45, 2.75) is 20.2 Å². The molecule has 162 valence electrons. The Bertz CT molecular complexity index is 1050. The summed E-state index contributed by atoms with van der Waals surface area (Å²) in [5.74, 6) is 0.316. The number of halogens is 1. The molecule has 1 amide bonds. The molecule has 0 spiro atoms. The van der Waals surface area contributed by atoms with Crippen molar-refractivity contribution in [1.29, 1.82) is 0 Å². The molecule has 1 saturated heterocycles. The standard InChI is InChI=1S/C23H25ClN4O3/c1-17-5-6-20(24)22(13-17)31-16-28-8-7-21(26-28)23(29)25-19-4-2-3-18(14-19)15-27-9-11-30-12-10-27/h2-8,13-14H,9-12,15-16H2,1H3,(H,25,29). The van der Waals surface area contributed by atoms with E-state index >= 15 is 0 Å². The number of anilines is 1. The monoisotopic (exact) mass is 440 g/mol. The first kappa shape index (κ1) is 21.4. The first-order valence-corrected chi connectivity index (χ1v) is 10.6. The zero-order valence-electron chi connectivity index (χ0n) is 17.4. The lowest BCUT2D eigenvalue weighted by Gasteiger charge is -2.26. The van der Waals surface area contributed by atoms with Crippen LogP contribution in [0.1, 0.15) is 21.6 Å². The summed E-state index contributed by atoms with van der Waals surface area (Å²) in [6.07, 6.45) is 1.70. The van der Waals surface area contributed by atoms with Crippen LogP contribution in [0.25, 0.3) is 0 Å². The van der Waals surface area contributed by atoms with Gasteiger partial charge in [-0.1, -0.05) is 29.8 Å². The minimum atomic E-state index is -0.268. The van der Waals surface area contributed by atoms with E-state index in [0.717, 1.165) is 49.7 Å². The minimum absolute atomic E-state index is 0.158. The van der Waals surface area contributed by atoms with Crippen molar-refractivity contribution in [3.05, 3.63) is 76.6 Å². The van der Waals surface area contributed by atoms with Crippen molar-refractivity contribution in [2.24, 2.45) is 0 Å². The number of ether oxygens (including phenoxy) is 2. The molecule has 0 aliphatic carbocycles. The number of aryl methyl sites for hydroxylation is 1.